The van der Waals surface area contributed by atoms with E-state index < -0.39 is 0 Å². The van der Waals surface area contributed by atoms with Crippen LogP contribution < -0.4 is 16.0 Å². The van der Waals surface area contributed by atoms with Gasteiger partial charge < -0.3 is 9.47 Å². The summed E-state index contributed by atoms with van der Waals surface area (Å²) in [5.74, 6) is 6.03. The molecule has 1 rings (SSSR count). The molecule has 1 aromatic rings. The van der Waals surface area contributed by atoms with Crippen LogP contribution in [0.15, 0.2) is 24.3 Å². The van der Waals surface area contributed by atoms with E-state index in [0.717, 1.165) is 37.3 Å². The summed E-state index contributed by atoms with van der Waals surface area (Å²) >= 11 is 0. The fourth-order valence-corrected chi connectivity index (χ4v) is 1.34. The number of nitrogens with one attached hydrogen (secondary N) is 1. The molecule has 0 saturated heterocycles. The Morgan fingerprint density at radius 2 is 1.94 bits per heavy atom. The third kappa shape index (κ3) is 5.11. The molecule has 0 bridgehead atoms. The Morgan fingerprint density at radius 3 is 2.56 bits per heavy atom. The van der Waals surface area contributed by atoms with Gasteiger partial charge in [-0.15, -0.1) is 0 Å². The van der Waals surface area contributed by atoms with Crippen LogP contribution in [0, 0.1) is 0 Å². The Labute approximate surface area is 96.7 Å². The second kappa shape index (κ2) is 8.10. The standard InChI is InChI=1S/C12H20N2O2/c1-15-12-6-4-11(5-7-12)10-16-9-3-2-8-14-13/h4-7,14H,2-3,8-10,13H2,1H3. The molecule has 0 radical (unpaired) electrons. The number of methoxy groups -OCH3 is 1. The summed E-state index contributed by atoms with van der Waals surface area (Å²) in [6.45, 7) is 2.26. The summed E-state index contributed by atoms with van der Waals surface area (Å²) in [5.41, 5.74) is 3.78. The number of unbranched alkanes of at least 4 members (excludes halogenated alkanes) is 1. The predicted molar refractivity (Wildman–Crippen MR) is 64.1 cm³/mol. The van der Waals surface area contributed by atoms with Crippen molar-refractivity contribution in [2.75, 3.05) is 20.3 Å². The lowest BCUT2D eigenvalue weighted by atomic mass is 10.2. The molecule has 3 N–H and O–H groups in total. The zero-order valence-corrected chi connectivity index (χ0v) is 9.74. The van der Waals surface area contributed by atoms with Gasteiger partial charge in [-0.05, 0) is 30.5 Å². The Bertz CT molecular complexity index is 275. The highest BCUT2D eigenvalue weighted by Gasteiger charge is 1.94. The molecular formula is C12H20N2O2. The average Bonchev–Trinajstić information content (AvgIpc) is 2.34. The third-order valence-electron chi connectivity index (χ3n) is 2.29. The molecule has 1 aromatic carbocycles. The van der Waals surface area contributed by atoms with Gasteiger partial charge in [0.15, 0.2) is 0 Å². The molecule has 4 nitrogen and oxygen atoms in total. The molecule has 0 aliphatic carbocycles. The first-order valence-corrected chi connectivity index (χ1v) is 5.51. The van der Waals surface area contributed by atoms with E-state index in [1.807, 2.05) is 24.3 Å². The number of hydrazine groups is 1. The molecule has 90 valence electrons. The highest BCUT2D eigenvalue weighted by atomic mass is 16.5. The minimum atomic E-state index is 0.653. The minimum Gasteiger partial charge on any atom is -0.497 e. The second-order valence-corrected chi connectivity index (χ2v) is 3.56. The highest BCUT2D eigenvalue weighted by molar-refractivity contribution is 5.26. The van der Waals surface area contributed by atoms with Crippen LogP contribution in [0.3, 0.4) is 0 Å². The zero-order valence-electron chi connectivity index (χ0n) is 9.74. The van der Waals surface area contributed by atoms with Crippen molar-refractivity contribution in [3.05, 3.63) is 29.8 Å². The molecule has 0 spiro atoms. The molecule has 0 aliphatic rings. The maximum atomic E-state index is 5.53. The van der Waals surface area contributed by atoms with E-state index in [1.54, 1.807) is 7.11 Å². The van der Waals surface area contributed by atoms with Gasteiger partial charge in [0, 0.05) is 13.2 Å². The molecule has 0 aliphatic heterocycles. The van der Waals surface area contributed by atoms with Gasteiger partial charge in [0.1, 0.15) is 5.75 Å². The van der Waals surface area contributed by atoms with Crippen LogP contribution in [0.5, 0.6) is 5.75 Å². The Balaban J connectivity index is 2.12. The highest BCUT2D eigenvalue weighted by Crippen LogP contribution is 2.11. The number of benzene rings is 1. The van der Waals surface area contributed by atoms with Gasteiger partial charge >= 0.3 is 0 Å². The second-order valence-electron chi connectivity index (χ2n) is 3.56. The first kappa shape index (κ1) is 13.0. The molecule has 0 heterocycles. The summed E-state index contributed by atoms with van der Waals surface area (Å²) in [4.78, 5) is 0. The van der Waals surface area contributed by atoms with E-state index in [-0.39, 0.29) is 0 Å². The monoisotopic (exact) mass is 224 g/mol. The van der Waals surface area contributed by atoms with Gasteiger partial charge in [-0.2, -0.15) is 0 Å². The van der Waals surface area contributed by atoms with Crippen LogP contribution in [-0.4, -0.2) is 20.3 Å². The molecule has 4 heteroatoms. The van der Waals surface area contributed by atoms with Crippen molar-refractivity contribution < 1.29 is 9.47 Å². The SMILES string of the molecule is COc1ccc(COCCCCNN)cc1. The Morgan fingerprint density at radius 1 is 1.19 bits per heavy atom. The van der Waals surface area contributed by atoms with E-state index in [2.05, 4.69) is 5.43 Å². The van der Waals surface area contributed by atoms with E-state index in [1.165, 1.54) is 0 Å². The van der Waals surface area contributed by atoms with Crippen LogP contribution in [0.1, 0.15) is 18.4 Å². The predicted octanol–water partition coefficient (Wildman–Crippen LogP) is 1.46. The first-order chi connectivity index (χ1) is 7.86. The lowest BCUT2D eigenvalue weighted by molar-refractivity contribution is 0.117. The summed E-state index contributed by atoms with van der Waals surface area (Å²) < 4.78 is 10.6. The maximum absolute atomic E-state index is 5.53. The molecular weight excluding hydrogens is 204 g/mol. The molecule has 0 atom stereocenters. The number of nitrogens with two attached hydrogens (primary N) is 1. The fraction of sp³-hybridized carbons (Fsp3) is 0.500. The van der Waals surface area contributed by atoms with Gasteiger partial charge in [0.25, 0.3) is 0 Å². The molecule has 16 heavy (non-hydrogen) atoms. The fourth-order valence-electron chi connectivity index (χ4n) is 1.34. The third-order valence-corrected chi connectivity index (χ3v) is 2.29. The smallest absolute Gasteiger partial charge is 0.118 e. The molecule has 0 unspecified atom stereocenters. The van der Waals surface area contributed by atoms with Crippen molar-refractivity contribution in [1.82, 2.24) is 5.43 Å². The topological polar surface area (TPSA) is 56.5 Å². The maximum Gasteiger partial charge on any atom is 0.118 e. The van der Waals surface area contributed by atoms with Crippen molar-refractivity contribution in [1.29, 1.82) is 0 Å². The average molecular weight is 224 g/mol. The normalized spacial score (nSPS) is 10.4. The first-order valence-electron chi connectivity index (χ1n) is 5.51. The molecule has 0 saturated carbocycles. The van der Waals surface area contributed by atoms with E-state index in [4.69, 9.17) is 15.3 Å². The Kier molecular flexibility index (Phi) is 6.56. The number of ether oxygens (including phenoxy) is 2. The summed E-state index contributed by atoms with van der Waals surface area (Å²) in [6.07, 6.45) is 2.07. The van der Waals surface area contributed by atoms with E-state index >= 15 is 0 Å². The summed E-state index contributed by atoms with van der Waals surface area (Å²) in [6, 6.07) is 7.91. The van der Waals surface area contributed by atoms with Crippen LogP contribution >= 0.6 is 0 Å². The van der Waals surface area contributed by atoms with Crippen LogP contribution in [0.4, 0.5) is 0 Å². The number of hydrogen-bond donors (Lipinski definition) is 2. The van der Waals surface area contributed by atoms with Crippen molar-refractivity contribution in [2.45, 2.75) is 19.4 Å². The Hall–Kier alpha value is -1.10. The lowest BCUT2D eigenvalue weighted by Crippen LogP contribution is -2.23. The van der Waals surface area contributed by atoms with Crippen molar-refractivity contribution >= 4 is 0 Å². The van der Waals surface area contributed by atoms with Gasteiger partial charge in [-0.3, -0.25) is 11.3 Å². The molecule has 0 amide bonds. The molecule has 0 aromatic heterocycles. The van der Waals surface area contributed by atoms with Crippen LogP contribution in [0.25, 0.3) is 0 Å². The lowest BCUT2D eigenvalue weighted by Gasteiger charge is -2.05. The van der Waals surface area contributed by atoms with E-state index in [0.29, 0.717) is 6.61 Å². The van der Waals surface area contributed by atoms with Crippen molar-refractivity contribution in [3.63, 3.8) is 0 Å². The van der Waals surface area contributed by atoms with Gasteiger partial charge in [0.05, 0.1) is 13.7 Å². The number of hydrogen-bond acceptors (Lipinski definition) is 4. The van der Waals surface area contributed by atoms with Crippen LogP contribution in [0.2, 0.25) is 0 Å². The van der Waals surface area contributed by atoms with Gasteiger partial charge in [0.2, 0.25) is 0 Å². The van der Waals surface area contributed by atoms with Gasteiger partial charge in [-0.1, -0.05) is 12.1 Å². The molecule has 0 fully saturated rings. The largest absolute Gasteiger partial charge is 0.497 e. The van der Waals surface area contributed by atoms with Crippen molar-refractivity contribution in [3.8, 4) is 5.75 Å². The van der Waals surface area contributed by atoms with Crippen molar-refractivity contribution in [2.24, 2.45) is 5.84 Å². The summed E-state index contributed by atoms with van der Waals surface area (Å²) in [5, 5.41) is 0. The quantitative estimate of drug-likeness (QED) is 0.399. The summed E-state index contributed by atoms with van der Waals surface area (Å²) in [7, 11) is 1.66. The number of rotatable bonds is 8. The zero-order chi connectivity index (χ0) is 11.6. The minimum absolute atomic E-state index is 0.653. The van der Waals surface area contributed by atoms with E-state index in [9.17, 15) is 0 Å². The van der Waals surface area contributed by atoms with Gasteiger partial charge in [-0.25, -0.2) is 0 Å². The van der Waals surface area contributed by atoms with Crippen LogP contribution in [-0.2, 0) is 11.3 Å².